The van der Waals surface area contributed by atoms with Gasteiger partial charge in [0.1, 0.15) is 0 Å². The van der Waals surface area contributed by atoms with E-state index in [0.29, 0.717) is 11.6 Å². The molecule has 5 heteroatoms. The van der Waals surface area contributed by atoms with Gasteiger partial charge in [0.15, 0.2) is 0 Å². The van der Waals surface area contributed by atoms with E-state index in [1.165, 1.54) is 0 Å². The summed E-state index contributed by atoms with van der Waals surface area (Å²) >= 11 is 1.80. The van der Waals surface area contributed by atoms with Crippen molar-refractivity contribution in [2.24, 2.45) is 0 Å². The normalized spacial score (nSPS) is 13.5. The maximum atomic E-state index is 12.3. The SMILES string of the molecule is CCC(CSC)N(C)C(C)C(=O)Nc1ccc(C#N)cc1. The Hall–Kier alpha value is -1.51. The summed E-state index contributed by atoms with van der Waals surface area (Å²) in [5.41, 5.74) is 1.31. The van der Waals surface area contributed by atoms with Gasteiger partial charge in [-0.25, -0.2) is 0 Å². The van der Waals surface area contributed by atoms with E-state index in [9.17, 15) is 4.79 Å². The molecule has 0 heterocycles. The molecule has 1 rings (SSSR count). The minimum atomic E-state index is -0.197. The monoisotopic (exact) mass is 305 g/mol. The molecule has 0 saturated heterocycles. The van der Waals surface area contributed by atoms with Crippen molar-refractivity contribution in [1.29, 1.82) is 5.26 Å². The first kappa shape index (κ1) is 17.5. The van der Waals surface area contributed by atoms with Crippen LogP contribution in [0.3, 0.4) is 0 Å². The minimum absolute atomic E-state index is 0.0261. The minimum Gasteiger partial charge on any atom is -0.325 e. The smallest absolute Gasteiger partial charge is 0.241 e. The van der Waals surface area contributed by atoms with Crippen LogP contribution in [0.1, 0.15) is 25.8 Å². The van der Waals surface area contributed by atoms with Crippen molar-refractivity contribution in [3.8, 4) is 6.07 Å². The lowest BCUT2D eigenvalue weighted by Gasteiger charge is -2.31. The molecular formula is C16H23N3OS. The van der Waals surface area contributed by atoms with Crippen molar-refractivity contribution in [3.05, 3.63) is 29.8 Å². The van der Waals surface area contributed by atoms with Crippen molar-refractivity contribution in [2.45, 2.75) is 32.4 Å². The molecule has 1 aromatic rings. The van der Waals surface area contributed by atoms with E-state index in [1.54, 1.807) is 36.0 Å². The molecule has 0 saturated carbocycles. The Morgan fingerprint density at radius 1 is 1.43 bits per heavy atom. The van der Waals surface area contributed by atoms with Gasteiger partial charge < -0.3 is 5.32 Å². The molecular weight excluding hydrogens is 282 g/mol. The van der Waals surface area contributed by atoms with Crippen molar-refractivity contribution in [3.63, 3.8) is 0 Å². The number of thioether (sulfide) groups is 1. The van der Waals surface area contributed by atoms with Crippen LogP contribution in [0.4, 0.5) is 5.69 Å². The summed E-state index contributed by atoms with van der Waals surface area (Å²) in [7, 11) is 1.99. The quantitative estimate of drug-likeness (QED) is 0.841. The van der Waals surface area contributed by atoms with Gasteiger partial charge in [0.2, 0.25) is 5.91 Å². The van der Waals surface area contributed by atoms with Gasteiger partial charge in [0.05, 0.1) is 17.7 Å². The summed E-state index contributed by atoms with van der Waals surface area (Å²) in [4.78, 5) is 14.4. The highest BCUT2D eigenvalue weighted by atomic mass is 32.2. The zero-order valence-corrected chi connectivity index (χ0v) is 13.9. The molecule has 114 valence electrons. The van der Waals surface area contributed by atoms with E-state index < -0.39 is 0 Å². The van der Waals surface area contributed by atoms with Crippen molar-refractivity contribution in [2.75, 3.05) is 24.4 Å². The van der Waals surface area contributed by atoms with Gasteiger partial charge in [-0.2, -0.15) is 17.0 Å². The second-order valence-electron chi connectivity index (χ2n) is 5.04. The predicted molar refractivity (Wildman–Crippen MR) is 89.5 cm³/mol. The third-order valence-corrected chi connectivity index (χ3v) is 4.40. The molecule has 21 heavy (non-hydrogen) atoms. The Labute approximate surface area is 131 Å². The number of carbonyl (C=O) groups excluding carboxylic acids is 1. The van der Waals surface area contributed by atoms with Gasteiger partial charge in [-0.05, 0) is 50.9 Å². The zero-order valence-electron chi connectivity index (χ0n) is 13.1. The number of hydrogen-bond donors (Lipinski definition) is 1. The van der Waals surface area contributed by atoms with E-state index in [1.807, 2.05) is 14.0 Å². The summed E-state index contributed by atoms with van der Waals surface area (Å²) in [6.07, 6.45) is 3.10. The number of hydrogen-bond acceptors (Lipinski definition) is 4. The molecule has 0 bridgehead atoms. The van der Waals surface area contributed by atoms with Crippen molar-refractivity contribution in [1.82, 2.24) is 4.90 Å². The molecule has 0 spiro atoms. The molecule has 0 aliphatic rings. The first-order valence-electron chi connectivity index (χ1n) is 7.05. The molecule has 2 atom stereocenters. The maximum absolute atomic E-state index is 12.3. The average Bonchev–Trinajstić information content (AvgIpc) is 2.51. The van der Waals surface area contributed by atoms with Crippen LogP contribution in [0.15, 0.2) is 24.3 Å². The number of anilines is 1. The van der Waals surface area contributed by atoms with Crippen LogP contribution in [-0.2, 0) is 4.79 Å². The Morgan fingerprint density at radius 3 is 2.52 bits per heavy atom. The lowest BCUT2D eigenvalue weighted by molar-refractivity contribution is -0.120. The Morgan fingerprint density at radius 2 is 2.05 bits per heavy atom. The molecule has 1 N–H and O–H groups in total. The average molecular weight is 305 g/mol. The Balaban J connectivity index is 2.66. The summed E-state index contributed by atoms with van der Waals surface area (Å²) in [6, 6.07) is 9.16. The number of likely N-dealkylation sites (N-methyl/N-ethyl adjacent to an activating group) is 1. The summed E-state index contributed by atoms with van der Waals surface area (Å²) < 4.78 is 0. The number of amides is 1. The van der Waals surface area contributed by atoms with Crippen LogP contribution in [0.5, 0.6) is 0 Å². The fourth-order valence-electron chi connectivity index (χ4n) is 2.09. The Bertz CT molecular complexity index is 495. The first-order valence-corrected chi connectivity index (χ1v) is 8.44. The zero-order chi connectivity index (χ0) is 15.8. The number of nitriles is 1. The number of rotatable bonds is 7. The van der Waals surface area contributed by atoms with Gasteiger partial charge in [-0.1, -0.05) is 6.92 Å². The standard InChI is InChI=1S/C16H23N3OS/c1-5-15(11-21-4)19(3)12(2)16(20)18-14-8-6-13(10-17)7-9-14/h6-9,12,15H,5,11H2,1-4H3,(H,18,20). The van der Waals surface area contributed by atoms with E-state index in [2.05, 4.69) is 29.5 Å². The number of nitrogens with one attached hydrogen (secondary N) is 1. The lowest BCUT2D eigenvalue weighted by atomic mass is 10.1. The number of carbonyl (C=O) groups is 1. The molecule has 0 fully saturated rings. The molecule has 0 aromatic heterocycles. The van der Waals surface area contributed by atoms with Crippen LogP contribution >= 0.6 is 11.8 Å². The number of nitrogens with zero attached hydrogens (tertiary/aromatic N) is 2. The highest BCUT2D eigenvalue weighted by Gasteiger charge is 2.23. The molecule has 0 aliphatic heterocycles. The second-order valence-corrected chi connectivity index (χ2v) is 5.95. The second kappa shape index (κ2) is 8.71. The molecule has 0 radical (unpaired) electrons. The highest BCUT2D eigenvalue weighted by Crippen LogP contribution is 2.14. The predicted octanol–water partition coefficient (Wildman–Crippen LogP) is 2.96. The first-order chi connectivity index (χ1) is 10.0. The van der Waals surface area contributed by atoms with Crippen LogP contribution in [0.2, 0.25) is 0 Å². The van der Waals surface area contributed by atoms with Crippen LogP contribution in [0, 0.1) is 11.3 Å². The van der Waals surface area contributed by atoms with Crippen LogP contribution in [0.25, 0.3) is 0 Å². The van der Waals surface area contributed by atoms with Crippen LogP contribution in [-0.4, -0.2) is 41.9 Å². The van der Waals surface area contributed by atoms with Crippen molar-refractivity contribution < 1.29 is 4.79 Å². The van der Waals surface area contributed by atoms with Gasteiger partial charge in [0, 0.05) is 17.5 Å². The fourth-order valence-corrected chi connectivity index (χ4v) is 2.95. The van der Waals surface area contributed by atoms with Crippen LogP contribution < -0.4 is 5.32 Å². The summed E-state index contributed by atoms with van der Waals surface area (Å²) in [6.45, 7) is 4.06. The van der Waals surface area contributed by atoms with Gasteiger partial charge in [-0.3, -0.25) is 9.69 Å². The van der Waals surface area contributed by atoms with E-state index in [4.69, 9.17) is 5.26 Å². The molecule has 0 aliphatic carbocycles. The van der Waals surface area contributed by atoms with Gasteiger partial charge >= 0.3 is 0 Å². The molecule has 2 unspecified atom stereocenters. The lowest BCUT2D eigenvalue weighted by Crippen LogP contribution is -2.46. The largest absolute Gasteiger partial charge is 0.325 e. The van der Waals surface area contributed by atoms with E-state index >= 15 is 0 Å². The number of benzene rings is 1. The topological polar surface area (TPSA) is 56.1 Å². The fraction of sp³-hybridized carbons (Fsp3) is 0.500. The third kappa shape index (κ3) is 5.07. The summed E-state index contributed by atoms with van der Waals surface area (Å²) in [5.74, 6) is 0.989. The molecule has 1 amide bonds. The summed E-state index contributed by atoms with van der Waals surface area (Å²) in [5, 5.41) is 11.7. The highest BCUT2D eigenvalue weighted by molar-refractivity contribution is 7.98. The molecule has 1 aromatic carbocycles. The third-order valence-electron chi connectivity index (χ3n) is 3.68. The van der Waals surface area contributed by atoms with Gasteiger partial charge in [-0.15, -0.1) is 0 Å². The van der Waals surface area contributed by atoms with E-state index in [-0.39, 0.29) is 11.9 Å². The van der Waals surface area contributed by atoms with E-state index in [0.717, 1.165) is 17.9 Å². The molecule has 4 nitrogen and oxygen atoms in total. The Kier molecular flexibility index (Phi) is 7.27. The van der Waals surface area contributed by atoms with Gasteiger partial charge in [0.25, 0.3) is 0 Å². The maximum Gasteiger partial charge on any atom is 0.241 e. The van der Waals surface area contributed by atoms with Crippen molar-refractivity contribution >= 4 is 23.4 Å².